The number of carbonyl (C=O) groups excluding carboxylic acids is 1. The Morgan fingerprint density at radius 3 is 2.33 bits per heavy atom. The zero-order valence-corrected chi connectivity index (χ0v) is 17.4. The number of hydrogen-bond donors (Lipinski definition) is 2. The first-order valence-corrected chi connectivity index (χ1v) is 11.6. The van der Waals surface area contributed by atoms with Crippen molar-refractivity contribution in [2.75, 3.05) is 11.5 Å². The molecule has 0 heterocycles. The van der Waals surface area contributed by atoms with Gasteiger partial charge in [0.15, 0.2) is 9.84 Å². The average molecular weight is 464 g/mol. The molecule has 0 aliphatic heterocycles. The lowest BCUT2D eigenvalue weighted by Gasteiger charge is -2.28. The number of sulfone groups is 1. The first-order chi connectivity index (χ1) is 13.9. The summed E-state index contributed by atoms with van der Waals surface area (Å²) in [5.41, 5.74) is -1.34. The van der Waals surface area contributed by atoms with Crippen molar-refractivity contribution < 1.29 is 26.4 Å². The largest absolute Gasteiger partial charge is 0.407 e. The van der Waals surface area contributed by atoms with Crippen molar-refractivity contribution in [2.45, 2.75) is 49.5 Å². The maximum absolute atomic E-state index is 13.8. The summed E-state index contributed by atoms with van der Waals surface area (Å²) in [6.45, 7) is 0. The van der Waals surface area contributed by atoms with E-state index in [9.17, 15) is 26.4 Å². The van der Waals surface area contributed by atoms with E-state index in [-0.39, 0.29) is 22.3 Å². The van der Waals surface area contributed by atoms with Gasteiger partial charge in [0.1, 0.15) is 17.6 Å². The Bertz CT molecular complexity index is 937. The van der Waals surface area contributed by atoms with Crippen LogP contribution in [0, 0.1) is 17.2 Å². The molecule has 2 saturated carbocycles. The van der Waals surface area contributed by atoms with E-state index >= 15 is 0 Å². The topological polar surface area (TPSA) is 99.1 Å². The number of nitrogens with one attached hydrogen (secondary N) is 2. The molecule has 2 aliphatic carbocycles. The van der Waals surface area contributed by atoms with Crippen LogP contribution in [-0.2, 0) is 14.6 Å². The number of halogens is 4. The quantitative estimate of drug-likeness (QED) is 0.586. The van der Waals surface area contributed by atoms with Gasteiger partial charge >= 0.3 is 6.18 Å². The third kappa shape index (κ3) is 6.09. The van der Waals surface area contributed by atoms with Gasteiger partial charge in [-0.3, -0.25) is 10.1 Å². The predicted molar refractivity (Wildman–Crippen MR) is 104 cm³/mol. The number of alkyl halides is 3. The van der Waals surface area contributed by atoms with Crippen LogP contribution in [0.15, 0.2) is 24.3 Å². The summed E-state index contributed by atoms with van der Waals surface area (Å²) in [5, 5.41) is 14.0. The van der Waals surface area contributed by atoms with Gasteiger partial charge in [-0.15, -0.1) is 0 Å². The number of nitriles is 1. The zero-order valence-electron chi connectivity index (χ0n) is 15.9. The number of rotatable bonds is 9. The Labute approximate surface area is 177 Å². The summed E-state index contributed by atoms with van der Waals surface area (Å²) in [6, 6.07) is 2.87. The first kappa shape index (κ1) is 22.8. The number of nitrogens with zero attached hydrogens (tertiary/aromatic N) is 1. The van der Waals surface area contributed by atoms with Crippen LogP contribution in [0.2, 0.25) is 5.02 Å². The highest BCUT2D eigenvalue weighted by Crippen LogP contribution is 2.36. The van der Waals surface area contributed by atoms with Gasteiger partial charge in [0.25, 0.3) is 0 Å². The van der Waals surface area contributed by atoms with E-state index in [2.05, 4.69) is 10.6 Å². The molecule has 30 heavy (non-hydrogen) atoms. The van der Waals surface area contributed by atoms with Crippen molar-refractivity contribution in [3.63, 3.8) is 0 Å². The van der Waals surface area contributed by atoms with Crippen LogP contribution >= 0.6 is 11.6 Å². The number of benzene rings is 1. The minimum atomic E-state index is -4.79. The standard InChI is InChI=1S/C19H21ClF3N3O3S/c20-14-5-3-13(4-6-14)16(19(21,22)23)25-15(10-30(28,29)9-12-1-2-12)17(27)26-18(11-24)7-8-18/h3-6,12,15-16,25H,1-2,7-10H2,(H,26,27)/t15-,16-/m0/s1. The van der Waals surface area contributed by atoms with Crippen LogP contribution in [0.1, 0.15) is 37.3 Å². The molecule has 2 N–H and O–H groups in total. The molecule has 1 aromatic rings. The molecule has 0 aromatic heterocycles. The summed E-state index contributed by atoms with van der Waals surface area (Å²) >= 11 is 5.75. The summed E-state index contributed by atoms with van der Waals surface area (Å²) in [7, 11) is -3.78. The van der Waals surface area contributed by atoms with E-state index in [1.54, 1.807) is 0 Å². The minimum Gasteiger partial charge on any atom is -0.336 e. The molecule has 0 spiro atoms. The van der Waals surface area contributed by atoms with Crippen molar-refractivity contribution in [1.29, 1.82) is 5.26 Å². The van der Waals surface area contributed by atoms with Crippen molar-refractivity contribution in [3.05, 3.63) is 34.9 Å². The fourth-order valence-electron chi connectivity index (χ4n) is 3.11. The molecular formula is C19H21ClF3N3O3S. The Hall–Kier alpha value is -1.83. The number of amides is 1. The molecule has 1 amide bonds. The fraction of sp³-hybridized carbons (Fsp3) is 0.579. The monoisotopic (exact) mass is 463 g/mol. The first-order valence-electron chi connectivity index (χ1n) is 9.45. The molecule has 2 fully saturated rings. The fourth-order valence-corrected chi connectivity index (χ4v) is 5.18. The maximum Gasteiger partial charge on any atom is 0.407 e. The molecule has 0 saturated heterocycles. The average Bonchev–Trinajstić information content (AvgIpc) is 3.56. The third-order valence-electron chi connectivity index (χ3n) is 5.15. The summed E-state index contributed by atoms with van der Waals surface area (Å²) in [6.07, 6.45) is -2.56. The molecule has 2 aliphatic rings. The van der Waals surface area contributed by atoms with Crippen LogP contribution in [0.4, 0.5) is 13.2 Å². The van der Waals surface area contributed by atoms with Crippen molar-refractivity contribution in [1.82, 2.24) is 10.6 Å². The van der Waals surface area contributed by atoms with Gasteiger partial charge in [-0.25, -0.2) is 8.42 Å². The predicted octanol–water partition coefficient (Wildman–Crippen LogP) is 2.90. The van der Waals surface area contributed by atoms with E-state index < -0.39 is 45.3 Å². The van der Waals surface area contributed by atoms with Crippen molar-refractivity contribution in [2.24, 2.45) is 5.92 Å². The van der Waals surface area contributed by atoms with Gasteiger partial charge in [0.2, 0.25) is 5.91 Å². The lowest BCUT2D eigenvalue weighted by atomic mass is 10.1. The SMILES string of the molecule is N#CC1(NC(=O)[C@H](CS(=O)(=O)CC2CC2)N[C@@H](c2ccc(Cl)cc2)C(F)(F)F)CC1. The molecule has 1 aromatic carbocycles. The number of carbonyl (C=O) groups is 1. The summed E-state index contributed by atoms with van der Waals surface area (Å²) in [5.74, 6) is -1.89. The van der Waals surface area contributed by atoms with E-state index in [1.807, 2.05) is 6.07 Å². The van der Waals surface area contributed by atoms with Gasteiger partial charge in [-0.05, 0) is 49.3 Å². The van der Waals surface area contributed by atoms with Crippen LogP contribution < -0.4 is 10.6 Å². The Morgan fingerprint density at radius 1 is 1.27 bits per heavy atom. The highest BCUT2D eigenvalue weighted by Gasteiger charge is 2.48. The van der Waals surface area contributed by atoms with Crippen LogP contribution in [0.5, 0.6) is 0 Å². The van der Waals surface area contributed by atoms with Crippen molar-refractivity contribution >= 4 is 27.3 Å². The lowest BCUT2D eigenvalue weighted by molar-refractivity contribution is -0.160. The van der Waals surface area contributed by atoms with Crippen LogP contribution in [0.25, 0.3) is 0 Å². The summed E-state index contributed by atoms with van der Waals surface area (Å²) in [4.78, 5) is 12.7. The van der Waals surface area contributed by atoms with Gasteiger partial charge in [0, 0.05) is 5.02 Å². The van der Waals surface area contributed by atoms with E-state index in [0.29, 0.717) is 12.8 Å². The van der Waals surface area contributed by atoms with Gasteiger partial charge in [-0.1, -0.05) is 23.7 Å². The van der Waals surface area contributed by atoms with Gasteiger partial charge in [-0.2, -0.15) is 18.4 Å². The van der Waals surface area contributed by atoms with Gasteiger partial charge < -0.3 is 5.32 Å². The molecule has 11 heteroatoms. The second kappa shape index (κ2) is 8.36. The molecule has 0 radical (unpaired) electrons. The van der Waals surface area contributed by atoms with Crippen LogP contribution in [0.3, 0.4) is 0 Å². The van der Waals surface area contributed by atoms with E-state index in [1.165, 1.54) is 24.3 Å². The lowest BCUT2D eigenvalue weighted by Crippen LogP contribution is -2.54. The zero-order chi connectivity index (χ0) is 22.2. The Kier molecular flexibility index (Phi) is 6.37. The van der Waals surface area contributed by atoms with Crippen LogP contribution in [-0.4, -0.2) is 43.6 Å². The smallest absolute Gasteiger partial charge is 0.336 e. The molecular weight excluding hydrogens is 443 g/mol. The molecule has 6 nitrogen and oxygen atoms in total. The highest BCUT2D eigenvalue weighted by molar-refractivity contribution is 7.91. The van der Waals surface area contributed by atoms with E-state index in [4.69, 9.17) is 16.9 Å². The molecule has 3 rings (SSSR count). The van der Waals surface area contributed by atoms with Gasteiger partial charge in [0.05, 0.1) is 17.6 Å². The second-order valence-corrected chi connectivity index (χ2v) is 10.5. The molecule has 0 unspecified atom stereocenters. The maximum atomic E-state index is 13.8. The summed E-state index contributed by atoms with van der Waals surface area (Å²) < 4.78 is 66.3. The Morgan fingerprint density at radius 2 is 1.87 bits per heavy atom. The second-order valence-electron chi connectivity index (χ2n) is 7.95. The third-order valence-corrected chi connectivity index (χ3v) is 7.22. The minimum absolute atomic E-state index is 0.0118. The molecule has 164 valence electrons. The van der Waals surface area contributed by atoms with Crippen molar-refractivity contribution in [3.8, 4) is 6.07 Å². The molecule has 0 bridgehead atoms. The highest BCUT2D eigenvalue weighted by atomic mass is 35.5. The molecule has 2 atom stereocenters. The normalized spacial score (nSPS) is 20.1. The Balaban J connectivity index is 1.85. The van der Waals surface area contributed by atoms with E-state index in [0.717, 1.165) is 12.8 Å². The number of hydrogen-bond acceptors (Lipinski definition) is 5.